The van der Waals surface area contributed by atoms with Gasteiger partial charge >= 0.3 is 0 Å². The smallest absolute Gasteiger partial charge is 0.200 e. The molecule has 3 rings (SSSR count). The number of halogens is 1. The molecule has 0 aliphatic heterocycles. The molecule has 0 fully saturated rings. The zero-order valence-corrected chi connectivity index (χ0v) is 10.7. The van der Waals surface area contributed by atoms with Gasteiger partial charge in [0.2, 0.25) is 0 Å². The molecule has 0 aliphatic carbocycles. The minimum absolute atomic E-state index is 0.195. The van der Waals surface area contributed by atoms with Crippen LogP contribution in [0, 0.1) is 5.82 Å². The van der Waals surface area contributed by atoms with Gasteiger partial charge in [-0.2, -0.15) is 0 Å². The molecule has 0 spiro atoms. The molecule has 3 aromatic rings. The number of hydrogen-bond donors (Lipinski definition) is 0. The third-order valence-electron chi connectivity index (χ3n) is 3.12. The number of hydrogen-bond acceptors (Lipinski definition) is 3. The van der Waals surface area contributed by atoms with Gasteiger partial charge in [0.1, 0.15) is 23.4 Å². The molecule has 0 bridgehead atoms. The van der Waals surface area contributed by atoms with Gasteiger partial charge in [0.15, 0.2) is 5.43 Å². The Morgan fingerprint density at radius 2 is 2.00 bits per heavy atom. The fraction of sp³-hybridized carbons (Fsp3) is 0.0625. The number of rotatable bonds is 2. The zero-order valence-electron chi connectivity index (χ0n) is 10.7. The highest BCUT2D eigenvalue weighted by atomic mass is 19.1. The molecule has 0 atom stereocenters. The predicted octanol–water partition coefficient (Wildman–Crippen LogP) is 3.61. The third-order valence-corrected chi connectivity index (χ3v) is 3.12. The van der Waals surface area contributed by atoms with Crippen LogP contribution in [0.15, 0.2) is 57.9 Å². The Morgan fingerprint density at radius 3 is 2.75 bits per heavy atom. The Kier molecular flexibility index (Phi) is 2.99. The molecule has 3 nitrogen and oxygen atoms in total. The zero-order chi connectivity index (χ0) is 14.1. The Balaban J connectivity index is 2.24. The second-order valence-corrected chi connectivity index (χ2v) is 4.35. The van der Waals surface area contributed by atoms with Crippen molar-refractivity contribution in [2.45, 2.75) is 0 Å². The van der Waals surface area contributed by atoms with E-state index in [1.54, 1.807) is 37.4 Å². The van der Waals surface area contributed by atoms with Crippen molar-refractivity contribution in [3.8, 4) is 16.9 Å². The Labute approximate surface area is 114 Å². The summed E-state index contributed by atoms with van der Waals surface area (Å²) in [4.78, 5) is 12.4. The van der Waals surface area contributed by atoms with Gasteiger partial charge in [-0.05, 0) is 29.8 Å². The van der Waals surface area contributed by atoms with E-state index in [9.17, 15) is 9.18 Å². The topological polar surface area (TPSA) is 39.4 Å². The van der Waals surface area contributed by atoms with Crippen molar-refractivity contribution in [3.05, 3.63) is 64.8 Å². The molecule has 0 N–H and O–H groups in total. The summed E-state index contributed by atoms with van der Waals surface area (Å²) in [5.74, 6) is 0.218. The molecule has 2 aromatic carbocycles. The number of benzene rings is 2. The van der Waals surface area contributed by atoms with E-state index in [4.69, 9.17) is 9.15 Å². The fourth-order valence-corrected chi connectivity index (χ4v) is 2.09. The molecule has 0 saturated heterocycles. The lowest BCUT2D eigenvalue weighted by atomic mass is 10.1. The maximum Gasteiger partial charge on any atom is 0.200 e. The molecule has 1 heterocycles. The monoisotopic (exact) mass is 270 g/mol. The second-order valence-electron chi connectivity index (χ2n) is 4.35. The number of ether oxygens (including phenoxy) is 1. The lowest BCUT2D eigenvalue weighted by molar-refractivity contribution is 0.414. The van der Waals surface area contributed by atoms with Crippen LogP contribution in [-0.4, -0.2) is 7.11 Å². The highest BCUT2D eigenvalue weighted by Crippen LogP contribution is 2.23. The van der Waals surface area contributed by atoms with Crippen molar-refractivity contribution in [2.24, 2.45) is 0 Å². The summed E-state index contributed by atoms with van der Waals surface area (Å²) in [6, 6.07) is 10.8. The molecular weight excluding hydrogens is 259 g/mol. The second kappa shape index (κ2) is 4.81. The molecule has 0 unspecified atom stereocenters. The molecule has 100 valence electrons. The first-order valence-corrected chi connectivity index (χ1v) is 6.04. The van der Waals surface area contributed by atoms with E-state index in [-0.39, 0.29) is 5.43 Å². The van der Waals surface area contributed by atoms with E-state index in [2.05, 4.69) is 0 Å². The van der Waals surface area contributed by atoms with Crippen molar-refractivity contribution < 1.29 is 13.5 Å². The van der Waals surface area contributed by atoms with Gasteiger partial charge in [-0.3, -0.25) is 4.79 Å². The summed E-state index contributed by atoms with van der Waals surface area (Å²) < 4.78 is 23.8. The highest BCUT2D eigenvalue weighted by Gasteiger charge is 2.10. The van der Waals surface area contributed by atoms with Crippen molar-refractivity contribution in [2.75, 3.05) is 7.11 Å². The Hall–Kier alpha value is -2.62. The predicted molar refractivity (Wildman–Crippen MR) is 74.4 cm³/mol. The van der Waals surface area contributed by atoms with Crippen LogP contribution < -0.4 is 10.2 Å². The lowest BCUT2D eigenvalue weighted by Gasteiger charge is -2.04. The van der Waals surface area contributed by atoms with Crippen LogP contribution in [0.25, 0.3) is 22.1 Å². The van der Waals surface area contributed by atoms with E-state index >= 15 is 0 Å². The van der Waals surface area contributed by atoms with Crippen molar-refractivity contribution >= 4 is 11.0 Å². The molecule has 0 radical (unpaired) electrons. The first-order valence-electron chi connectivity index (χ1n) is 6.04. The van der Waals surface area contributed by atoms with Gasteiger partial charge in [-0.15, -0.1) is 0 Å². The summed E-state index contributed by atoms with van der Waals surface area (Å²) in [5.41, 5.74) is 1.08. The van der Waals surface area contributed by atoms with Gasteiger partial charge in [-0.1, -0.05) is 12.1 Å². The lowest BCUT2D eigenvalue weighted by Crippen LogP contribution is -2.04. The van der Waals surface area contributed by atoms with Crippen molar-refractivity contribution in [1.82, 2.24) is 0 Å². The normalized spacial score (nSPS) is 10.7. The number of methoxy groups -OCH3 is 1. The SMILES string of the molecule is COc1ccc2c(=O)c(-c3cccc(F)c3)coc2c1. The number of fused-ring (bicyclic) bond motifs is 1. The summed E-state index contributed by atoms with van der Waals surface area (Å²) in [6.45, 7) is 0. The summed E-state index contributed by atoms with van der Waals surface area (Å²) in [7, 11) is 1.54. The Bertz CT molecular complexity index is 836. The minimum Gasteiger partial charge on any atom is -0.497 e. The quantitative estimate of drug-likeness (QED) is 0.714. The van der Waals surface area contributed by atoms with E-state index in [1.165, 1.54) is 18.4 Å². The molecule has 4 heteroatoms. The molecule has 20 heavy (non-hydrogen) atoms. The maximum atomic E-state index is 13.2. The molecule has 0 amide bonds. The summed E-state index contributed by atoms with van der Waals surface area (Å²) >= 11 is 0. The highest BCUT2D eigenvalue weighted by molar-refractivity contribution is 5.82. The molecular formula is C16H11FO3. The van der Waals surface area contributed by atoms with Gasteiger partial charge in [-0.25, -0.2) is 4.39 Å². The average Bonchev–Trinajstić information content (AvgIpc) is 2.47. The van der Waals surface area contributed by atoms with Gasteiger partial charge < -0.3 is 9.15 Å². The van der Waals surface area contributed by atoms with Crippen LogP contribution in [0.5, 0.6) is 5.75 Å². The first kappa shape index (κ1) is 12.4. The van der Waals surface area contributed by atoms with Crippen LogP contribution in [-0.2, 0) is 0 Å². The Morgan fingerprint density at radius 1 is 1.15 bits per heavy atom. The molecule has 1 aromatic heterocycles. The van der Waals surface area contributed by atoms with Crippen LogP contribution >= 0.6 is 0 Å². The molecule has 0 aliphatic rings. The van der Waals surface area contributed by atoms with Crippen LogP contribution in [0.4, 0.5) is 4.39 Å². The fourth-order valence-electron chi connectivity index (χ4n) is 2.09. The maximum absolute atomic E-state index is 13.2. The molecule has 0 saturated carbocycles. The van der Waals surface area contributed by atoms with Crippen LogP contribution in [0.2, 0.25) is 0 Å². The van der Waals surface area contributed by atoms with Crippen molar-refractivity contribution in [1.29, 1.82) is 0 Å². The van der Waals surface area contributed by atoms with Gasteiger partial charge in [0, 0.05) is 6.07 Å². The van der Waals surface area contributed by atoms with E-state index in [0.717, 1.165) is 0 Å². The van der Waals surface area contributed by atoms with E-state index in [0.29, 0.717) is 27.8 Å². The summed E-state index contributed by atoms with van der Waals surface area (Å²) in [5, 5.41) is 0.438. The first-order chi connectivity index (χ1) is 9.69. The largest absolute Gasteiger partial charge is 0.497 e. The van der Waals surface area contributed by atoms with Gasteiger partial charge in [0.25, 0.3) is 0 Å². The van der Waals surface area contributed by atoms with Gasteiger partial charge in [0.05, 0.1) is 18.1 Å². The average molecular weight is 270 g/mol. The van der Waals surface area contributed by atoms with Crippen molar-refractivity contribution in [3.63, 3.8) is 0 Å². The summed E-state index contributed by atoms with van der Waals surface area (Å²) in [6.07, 6.45) is 1.35. The standard InChI is InChI=1S/C16H11FO3/c1-19-12-5-6-13-15(8-12)20-9-14(16(13)18)10-3-2-4-11(17)7-10/h2-9H,1H3. The third kappa shape index (κ3) is 2.05. The van der Waals surface area contributed by atoms with Crippen LogP contribution in [0.3, 0.4) is 0 Å². The minimum atomic E-state index is -0.392. The van der Waals surface area contributed by atoms with Crippen LogP contribution in [0.1, 0.15) is 0 Å². The van der Waals surface area contributed by atoms with E-state index < -0.39 is 5.82 Å². The van der Waals surface area contributed by atoms with E-state index in [1.807, 2.05) is 0 Å².